The van der Waals surface area contributed by atoms with Gasteiger partial charge in [-0.3, -0.25) is 9.59 Å². The van der Waals surface area contributed by atoms with Crippen LogP contribution in [0.25, 0.3) is 0 Å². The van der Waals surface area contributed by atoms with Crippen LogP contribution in [-0.2, 0) is 9.59 Å². The molecule has 0 aromatic heterocycles. The van der Waals surface area contributed by atoms with Crippen LogP contribution >= 0.6 is 0 Å². The maximum absolute atomic E-state index is 11.5. The number of carbonyl (C=O) groups is 2. The molecule has 0 bridgehead atoms. The molecule has 3 rings (SSSR count). The number of rotatable bonds is 6. The van der Waals surface area contributed by atoms with E-state index >= 15 is 0 Å². The van der Waals surface area contributed by atoms with Crippen molar-refractivity contribution in [2.75, 3.05) is 0 Å². The molecular formula is C17H20N4O2+. The zero-order valence-corrected chi connectivity index (χ0v) is 12.8. The molecule has 2 unspecified atom stereocenters. The van der Waals surface area contributed by atoms with Gasteiger partial charge in [-0.2, -0.15) is 0 Å². The highest BCUT2D eigenvalue weighted by Crippen LogP contribution is 2.40. The summed E-state index contributed by atoms with van der Waals surface area (Å²) in [6.45, 7) is 0. The van der Waals surface area contributed by atoms with Crippen LogP contribution in [0.2, 0.25) is 0 Å². The third-order valence-corrected chi connectivity index (χ3v) is 4.45. The topological polar surface area (TPSA) is 61.8 Å². The maximum atomic E-state index is 11.5. The Labute approximate surface area is 135 Å². The molecule has 1 saturated carbocycles. The number of amides is 2. The molecule has 6 nitrogen and oxygen atoms in total. The predicted molar refractivity (Wildman–Crippen MR) is 86.0 cm³/mol. The molecule has 0 saturated heterocycles. The fourth-order valence-electron chi connectivity index (χ4n) is 3.47. The fraction of sp³-hybridized carbons (Fsp3) is 0.294. The van der Waals surface area contributed by atoms with E-state index in [0.29, 0.717) is 12.8 Å². The number of nitrogens with zero attached hydrogens (tertiary/aromatic N) is 3. The van der Waals surface area contributed by atoms with Crippen LogP contribution < -0.4 is 5.43 Å². The van der Waals surface area contributed by atoms with Crippen LogP contribution in [0.15, 0.2) is 47.7 Å². The van der Waals surface area contributed by atoms with Crippen molar-refractivity contribution in [3.8, 4) is 0 Å². The molecular weight excluding hydrogens is 292 g/mol. The first-order valence-electron chi connectivity index (χ1n) is 7.79. The van der Waals surface area contributed by atoms with Crippen molar-refractivity contribution >= 4 is 19.0 Å². The van der Waals surface area contributed by atoms with Crippen LogP contribution in [0.1, 0.15) is 31.2 Å². The number of carbonyl (C=O) groups excluding carboxylic acids is 2. The summed E-state index contributed by atoms with van der Waals surface area (Å²) in [6, 6.07) is 10.2. The number of hydrazine groups is 1. The molecule has 2 aliphatic rings. The van der Waals surface area contributed by atoms with Gasteiger partial charge in [0.15, 0.2) is 12.2 Å². The van der Waals surface area contributed by atoms with Gasteiger partial charge >= 0.3 is 0 Å². The fourth-order valence-corrected chi connectivity index (χ4v) is 3.47. The van der Waals surface area contributed by atoms with Gasteiger partial charge < -0.3 is 0 Å². The number of benzene rings is 1. The molecule has 1 aromatic rings. The van der Waals surface area contributed by atoms with Crippen molar-refractivity contribution in [1.82, 2.24) is 10.5 Å². The third kappa shape index (κ3) is 2.77. The molecule has 2 amide bonds. The number of hydrogen-bond acceptors (Lipinski definition) is 3. The Balaban J connectivity index is 2.00. The van der Waals surface area contributed by atoms with Crippen LogP contribution in [0.4, 0.5) is 0 Å². The van der Waals surface area contributed by atoms with Crippen molar-refractivity contribution in [2.45, 2.75) is 31.7 Å². The molecule has 1 fully saturated rings. The Morgan fingerprint density at radius 3 is 2.70 bits per heavy atom. The summed E-state index contributed by atoms with van der Waals surface area (Å²) in [5, 5.41) is 5.72. The van der Waals surface area contributed by atoms with Crippen LogP contribution in [-0.4, -0.2) is 34.9 Å². The van der Waals surface area contributed by atoms with E-state index in [1.807, 2.05) is 24.4 Å². The van der Waals surface area contributed by atoms with E-state index in [-0.39, 0.29) is 10.7 Å². The normalized spacial score (nSPS) is 26.9. The second-order valence-corrected chi connectivity index (χ2v) is 5.66. The highest BCUT2D eigenvalue weighted by molar-refractivity contribution is 5.71. The predicted octanol–water partition coefficient (Wildman–Crippen LogP) is 1.92. The van der Waals surface area contributed by atoms with E-state index < -0.39 is 0 Å². The summed E-state index contributed by atoms with van der Waals surface area (Å²) in [5.41, 5.74) is 3.63. The Morgan fingerprint density at radius 1 is 1.22 bits per heavy atom. The zero-order valence-electron chi connectivity index (χ0n) is 12.8. The molecule has 2 atom stereocenters. The molecule has 0 spiro atoms. The summed E-state index contributed by atoms with van der Waals surface area (Å²) >= 11 is 0. The van der Waals surface area contributed by atoms with Gasteiger partial charge in [-0.1, -0.05) is 47.0 Å². The zero-order chi connectivity index (χ0) is 16.1. The molecule has 6 heteroatoms. The number of hydrogen-bond donors (Lipinski definition) is 1. The van der Waals surface area contributed by atoms with Gasteiger partial charge in [0.25, 0.3) is 6.41 Å². The first kappa shape index (κ1) is 15.4. The molecule has 1 aliphatic carbocycles. The van der Waals surface area contributed by atoms with Crippen LogP contribution in [0, 0.1) is 5.92 Å². The number of allylic oxidation sites excluding steroid dienone is 1. The average molecular weight is 312 g/mol. The van der Waals surface area contributed by atoms with Gasteiger partial charge in [0, 0.05) is 12.5 Å². The summed E-state index contributed by atoms with van der Waals surface area (Å²) in [4.78, 5) is 22.4. The molecule has 119 valence electrons. The van der Waals surface area contributed by atoms with Gasteiger partial charge in [0.05, 0.1) is 12.1 Å². The first-order valence-corrected chi connectivity index (χ1v) is 7.79. The molecule has 1 aromatic carbocycles. The summed E-state index contributed by atoms with van der Waals surface area (Å²) in [6.07, 6.45) is 10.5. The average Bonchev–Trinajstić information content (AvgIpc) is 3.11. The summed E-state index contributed by atoms with van der Waals surface area (Å²) < 4.78 is -0.0630. The molecule has 1 heterocycles. The van der Waals surface area contributed by atoms with Crippen molar-refractivity contribution in [1.29, 1.82) is 0 Å². The largest absolute Gasteiger partial charge is 0.283 e. The molecule has 1 N–H and O–H groups in total. The Bertz CT molecular complexity index is 602. The van der Waals surface area contributed by atoms with E-state index in [0.717, 1.165) is 25.7 Å². The number of nitrogens with one attached hydrogen (secondary N) is 1. The van der Waals surface area contributed by atoms with Crippen molar-refractivity contribution in [3.05, 3.63) is 54.1 Å². The lowest BCUT2D eigenvalue weighted by atomic mass is 9.79. The van der Waals surface area contributed by atoms with Gasteiger partial charge in [0.1, 0.15) is 0 Å². The summed E-state index contributed by atoms with van der Waals surface area (Å²) in [5.74, 6) is 1.26. The molecule has 23 heavy (non-hydrogen) atoms. The first-order chi connectivity index (χ1) is 11.3. The van der Waals surface area contributed by atoms with Gasteiger partial charge in [-0.25, -0.2) is 5.43 Å². The van der Waals surface area contributed by atoms with E-state index in [1.165, 1.54) is 16.6 Å². The van der Waals surface area contributed by atoms with E-state index in [2.05, 4.69) is 22.7 Å². The van der Waals surface area contributed by atoms with E-state index in [4.69, 9.17) is 0 Å². The monoisotopic (exact) mass is 312 g/mol. The van der Waals surface area contributed by atoms with Crippen molar-refractivity contribution in [3.63, 3.8) is 0 Å². The van der Waals surface area contributed by atoms with Gasteiger partial charge in [-0.15, -0.1) is 0 Å². The minimum absolute atomic E-state index is 0.0150. The van der Waals surface area contributed by atoms with Crippen molar-refractivity contribution < 1.29 is 14.3 Å². The van der Waals surface area contributed by atoms with Crippen molar-refractivity contribution in [2.24, 2.45) is 5.10 Å². The standard InChI is InChI=1S/C17H19N4O2/c22-13-18-20(14-23)21(12-6-11-19-21)17-10-5-4-9-16(17)15-7-2-1-3-8-15/h1-3,6-8,11-14,17H,4-5,9-10H2/p+1. The van der Waals surface area contributed by atoms with Gasteiger partial charge in [-0.05, 0) is 23.1 Å². The minimum atomic E-state index is -0.0630. The van der Waals surface area contributed by atoms with Crippen LogP contribution in [0.3, 0.4) is 0 Å². The molecule has 1 radical (unpaired) electrons. The SMILES string of the molecule is O=CNN(C=O)[N+]1(C2CCCC[C]2c2ccccc2)C=CC=N1. The lowest BCUT2D eigenvalue weighted by molar-refractivity contribution is -1.01. The highest BCUT2D eigenvalue weighted by atomic mass is 16.2. The minimum Gasteiger partial charge on any atom is -0.277 e. The lowest BCUT2D eigenvalue weighted by Crippen LogP contribution is -2.64. The highest BCUT2D eigenvalue weighted by Gasteiger charge is 2.50. The Kier molecular flexibility index (Phi) is 4.52. The Hall–Kier alpha value is -2.47. The Morgan fingerprint density at radius 2 is 2.04 bits per heavy atom. The summed E-state index contributed by atoms with van der Waals surface area (Å²) in [7, 11) is 0. The van der Waals surface area contributed by atoms with Gasteiger partial charge in [0.2, 0.25) is 6.41 Å². The third-order valence-electron chi connectivity index (χ3n) is 4.45. The number of quaternary nitrogens is 1. The second kappa shape index (κ2) is 6.75. The smallest absolute Gasteiger partial charge is 0.277 e. The van der Waals surface area contributed by atoms with E-state index in [9.17, 15) is 9.59 Å². The second-order valence-electron chi connectivity index (χ2n) is 5.66. The maximum Gasteiger partial charge on any atom is 0.283 e. The molecule has 1 aliphatic heterocycles. The quantitative estimate of drug-likeness (QED) is 0.495. The van der Waals surface area contributed by atoms with Crippen LogP contribution in [0.5, 0.6) is 0 Å². The lowest BCUT2D eigenvalue weighted by Gasteiger charge is -2.43. The van der Waals surface area contributed by atoms with E-state index in [1.54, 1.807) is 12.3 Å².